The zero-order valence-electron chi connectivity index (χ0n) is 12.1. The summed E-state index contributed by atoms with van der Waals surface area (Å²) in [5.74, 6) is 0. The SMILES string of the molecule is Cc1cnccc1CNS(=O)(=O)c1cccc(C(C)N)c1. The summed E-state index contributed by atoms with van der Waals surface area (Å²) >= 11 is 0. The molecule has 3 N–H and O–H groups in total. The molecular weight excluding hydrogens is 286 g/mol. The molecule has 0 saturated carbocycles. The third-order valence-electron chi connectivity index (χ3n) is 3.28. The van der Waals surface area contributed by atoms with Crippen molar-refractivity contribution < 1.29 is 8.42 Å². The molecule has 2 rings (SSSR count). The second-order valence-electron chi connectivity index (χ2n) is 4.99. The summed E-state index contributed by atoms with van der Waals surface area (Å²) in [6.45, 7) is 3.95. The number of nitrogens with one attached hydrogen (secondary N) is 1. The molecule has 0 bridgehead atoms. The molecule has 0 amide bonds. The highest BCUT2D eigenvalue weighted by molar-refractivity contribution is 7.89. The van der Waals surface area contributed by atoms with Gasteiger partial charge in [0.05, 0.1) is 4.90 Å². The summed E-state index contributed by atoms with van der Waals surface area (Å²) in [7, 11) is -3.56. The molecule has 1 unspecified atom stereocenters. The van der Waals surface area contributed by atoms with Crippen molar-refractivity contribution >= 4 is 10.0 Å². The number of aryl methyl sites for hydroxylation is 1. The minimum Gasteiger partial charge on any atom is -0.324 e. The predicted octanol–water partition coefficient (Wildman–Crippen LogP) is 1.89. The number of sulfonamides is 1. The average Bonchev–Trinajstić information content (AvgIpc) is 2.46. The fraction of sp³-hybridized carbons (Fsp3) is 0.267. The fourth-order valence-electron chi connectivity index (χ4n) is 1.92. The van der Waals surface area contributed by atoms with Crippen molar-refractivity contribution in [2.45, 2.75) is 31.3 Å². The Morgan fingerprint density at radius 1 is 1.33 bits per heavy atom. The quantitative estimate of drug-likeness (QED) is 0.883. The molecule has 0 saturated heterocycles. The second kappa shape index (κ2) is 6.34. The van der Waals surface area contributed by atoms with Crippen LogP contribution < -0.4 is 10.5 Å². The number of benzene rings is 1. The van der Waals surface area contributed by atoms with Crippen molar-refractivity contribution in [3.05, 3.63) is 59.4 Å². The highest BCUT2D eigenvalue weighted by atomic mass is 32.2. The Morgan fingerprint density at radius 3 is 2.76 bits per heavy atom. The molecule has 0 aliphatic rings. The lowest BCUT2D eigenvalue weighted by Crippen LogP contribution is -2.24. The van der Waals surface area contributed by atoms with Gasteiger partial charge in [0.1, 0.15) is 0 Å². The third kappa shape index (κ3) is 3.87. The van der Waals surface area contributed by atoms with Crippen LogP contribution in [0.1, 0.15) is 29.7 Å². The van der Waals surface area contributed by atoms with Crippen LogP contribution in [-0.4, -0.2) is 13.4 Å². The Balaban J connectivity index is 2.19. The van der Waals surface area contributed by atoms with Crippen LogP contribution in [0.25, 0.3) is 0 Å². The third-order valence-corrected chi connectivity index (χ3v) is 4.68. The average molecular weight is 305 g/mol. The lowest BCUT2D eigenvalue weighted by atomic mass is 10.1. The molecule has 0 spiro atoms. The Kier molecular flexibility index (Phi) is 4.72. The number of nitrogens with two attached hydrogens (primary N) is 1. The van der Waals surface area contributed by atoms with Gasteiger partial charge in [-0.3, -0.25) is 4.98 Å². The van der Waals surface area contributed by atoms with Crippen LogP contribution in [0.15, 0.2) is 47.6 Å². The number of aromatic nitrogens is 1. The Labute approximate surface area is 125 Å². The molecule has 6 heteroatoms. The van der Waals surface area contributed by atoms with Crippen LogP contribution in [-0.2, 0) is 16.6 Å². The van der Waals surface area contributed by atoms with Gasteiger partial charge in [-0.25, -0.2) is 13.1 Å². The van der Waals surface area contributed by atoms with E-state index in [9.17, 15) is 8.42 Å². The van der Waals surface area contributed by atoms with Gasteiger partial charge in [-0.05, 0) is 48.7 Å². The van der Waals surface area contributed by atoms with E-state index in [1.165, 1.54) is 0 Å². The van der Waals surface area contributed by atoms with E-state index in [1.807, 2.05) is 19.9 Å². The van der Waals surface area contributed by atoms with E-state index in [0.717, 1.165) is 16.7 Å². The lowest BCUT2D eigenvalue weighted by Gasteiger charge is -2.11. The minimum atomic E-state index is -3.56. The van der Waals surface area contributed by atoms with Crippen LogP contribution in [0.5, 0.6) is 0 Å². The molecular formula is C15H19N3O2S. The summed E-state index contributed by atoms with van der Waals surface area (Å²) in [5, 5.41) is 0. The smallest absolute Gasteiger partial charge is 0.240 e. The Morgan fingerprint density at radius 2 is 2.10 bits per heavy atom. The van der Waals surface area contributed by atoms with E-state index in [0.29, 0.717) is 0 Å². The molecule has 5 nitrogen and oxygen atoms in total. The fourth-order valence-corrected chi connectivity index (χ4v) is 2.98. The normalized spacial score (nSPS) is 13.1. The van der Waals surface area contributed by atoms with Crippen molar-refractivity contribution in [2.75, 3.05) is 0 Å². The van der Waals surface area contributed by atoms with Gasteiger partial charge in [-0.1, -0.05) is 12.1 Å². The number of rotatable bonds is 5. The van der Waals surface area contributed by atoms with Gasteiger partial charge >= 0.3 is 0 Å². The van der Waals surface area contributed by atoms with Crippen molar-refractivity contribution in [3.63, 3.8) is 0 Å². The van der Waals surface area contributed by atoms with Gasteiger partial charge in [0, 0.05) is 25.0 Å². The monoisotopic (exact) mass is 305 g/mol. The van der Waals surface area contributed by atoms with Crippen LogP contribution in [0.3, 0.4) is 0 Å². The zero-order valence-corrected chi connectivity index (χ0v) is 12.9. The van der Waals surface area contributed by atoms with Gasteiger partial charge in [-0.15, -0.1) is 0 Å². The van der Waals surface area contributed by atoms with E-state index in [2.05, 4.69) is 9.71 Å². The molecule has 1 aromatic carbocycles. The number of hydrogen-bond acceptors (Lipinski definition) is 4. The summed E-state index contributed by atoms with van der Waals surface area (Å²) in [6.07, 6.45) is 3.35. The number of hydrogen-bond donors (Lipinski definition) is 2. The summed E-state index contributed by atoms with van der Waals surface area (Å²) in [6, 6.07) is 8.28. The molecule has 21 heavy (non-hydrogen) atoms. The zero-order chi connectivity index (χ0) is 15.5. The standard InChI is InChI=1S/C15H19N3O2S/c1-11-9-17-7-6-14(11)10-18-21(19,20)15-5-3-4-13(8-15)12(2)16/h3-9,12,18H,10,16H2,1-2H3. The van der Waals surface area contributed by atoms with Crippen molar-refractivity contribution in [1.29, 1.82) is 0 Å². The van der Waals surface area contributed by atoms with E-state index < -0.39 is 10.0 Å². The summed E-state index contributed by atoms with van der Waals surface area (Å²) < 4.78 is 27.3. The van der Waals surface area contributed by atoms with Crippen LogP contribution >= 0.6 is 0 Å². The maximum atomic E-state index is 12.3. The largest absolute Gasteiger partial charge is 0.324 e. The van der Waals surface area contributed by atoms with Gasteiger partial charge in [0.2, 0.25) is 10.0 Å². The highest BCUT2D eigenvalue weighted by Crippen LogP contribution is 2.16. The Hall–Kier alpha value is -1.76. The maximum absolute atomic E-state index is 12.3. The van der Waals surface area contributed by atoms with Crippen LogP contribution in [0.2, 0.25) is 0 Å². The van der Waals surface area contributed by atoms with Crippen LogP contribution in [0.4, 0.5) is 0 Å². The topological polar surface area (TPSA) is 85.1 Å². The predicted molar refractivity (Wildman–Crippen MR) is 82.0 cm³/mol. The summed E-state index contributed by atoms with van der Waals surface area (Å²) in [4.78, 5) is 4.21. The van der Waals surface area contributed by atoms with Gasteiger partial charge in [-0.2, -0.15) is 0 Å². The molecule has 0 radical (unpaired) electrons. The first kappa shape index (κ1) is 15.6. The van der Waals surface area contributed by atoms with E-state index in [4.69, 9.17) is 5.73 Å². The molecule has 0 fully saturated rings. The molecule has 1 heterocycles. The van der Waals surface area contributed by atoms with Crippen LogP contribution in [0, 0.1) is 6.92 Å². The van der Waals surface area contributed by atoms with E-state index in [1.54, 1.807) is 36.7 Å². The van der Waals surface area contributed by atoms with Crippen molar-refractivity contribution in [1.82, 2.24) is 9.71 Å². The van der Waals surface area contributed by atoms with Crippen molar-refractivity contribution in [3.8, 4) is 0 Å². The Bertz CT molecular complexity index is 727. The second-order valence-corrected chi connectivity index (χ2v) is 6.75. The van der Waals surface area contributed by atoms with Gasteiger partial charge < -0.3 is 5.73 Å². The molecule has 0 aliphatic carbocycles. The first-order chi connectivity index (χ1) is 9.90. The molecule has 1 atom stereocenters. The van der Waals surface area contributed by atoms with Crippen molar-refractivity contribution in [2.24, 2.45) is 5.73 Å². The molecule has 1 aromatic heterocycles. The summed E-state index contributed by atoms with van der Waals surface area (Å²) in [5.41, 5.74) is 8.43. The first-order valence-corrected chi connectivity index (χ1v) is 8.13. The molecule has 0 aliphatic heterocycles. The number of nitrogens with zero attached hydrogens (tertiary/aromatic N) is 1. The van der Waals surface area contributed by atoms with E-state index >= 15 is 0 Å². The van der Waals surface area contributed by atoms with E-state index in [-0.39, 0.29) is 17.5 Å². The maximum Gasteiger partial charge on any atom is 0.240 e. The highest BCUT2D eigenvalue weighted by Gasteiger charge is 2.15. The van der Waals surface area contributed by atoms with Gasteiger partial charge in [0.15, 0.2) is 0 Å². The minimum absolute atomic E-state index is 0.206. The number of pyridine rings is 1. The first-order valence-electron chi connectivity index (χ1n) is 6.65. The molecule has 112 valence electrons. The lowest BCUT2D eigenvalue weighted by molar-refractivity contribution is 0.581. The molecule has 2 aromatic rings. The van der Waals surface area contributed by atoms with Gasteiger partial charge in [0.25, 0.3) is 0 Å².